The Balaban J connectivity index is 1.93. The van der Waals surface area contributed by atoms with Crippen molar-refractivity contribution in [1.29, 1.82) is 0 Å². The maximum Gasteiger partial charge on any atom is 0.0808 e. The summed E-state index contributed by atoms with van der Waals surface area (Å²) in [6.45, 7) is 7.08. The van der Waals surface area contributed by atoms with Crippen LogP contribution in [-0.4, -0.2) is 75.5 Å². The minimum atomic E-state index is 0.297. The molecule has 82 valence electrons. The predicted molar refractivity (Wildman–Crippen MR) is 54.5 cm³/mol. The molecule has 14 heavy (non-hydrogen) atoms. The van der Waals surface area contributed by atoms with Gasteiger partial charge in [-0.15, -0.1) is 0 Å². The minimum absolute atomic E-state index is 0.297. The summed E-state index contributed by atoms with van der Waals surface area (Å²) in [6, 6.07) is 0. The molecule has 0 aromatic rings. The van der Waals surface area contributed by atoms with E-state index in [9.17, 15) is 0 Å². The molecule has 0 aliphatic carbocycles. The van der Waals surface area contributed by atoms with E-state index < -0.39 is 0 Å². The van der Waals surface area contributed by atoms with Crippen LogP contribution in [0.3, 0.4) is 0 Å². The fraction of sp³-hybridized carbons (Fsp3) is 1.00. The molecule has 0 saturated carbocycles. The molecular formula is C10H20N2O2. The highest BCUT2D eigenvalue weighted by atomic mass is 16.5. The van der Waals surface area contributed by atoms with Gasteiger partial charge in [-0.25, -0.2) is 0 Å². The lowest BCUT2D eigenvalue weighted by molar-refractivity contribution is -0.169. The second-order valence-electron chi connectivity index (χ2n) is 4.43. The fourth-order valence-corrected chi connectivity index (χ4v) is 2.37. The fourth-order valence-electron chi connectivity index (χ4n) is 2.37. The van der Waals surface area contributed by atoms with Crippen LogP contribution in [0.1, 0.15) is 0 Å². The zero-order valence-corrected chi connectivity index (χ0v) is 9.16. The second kappa shape index (κ2) is 4.14. The molecule has 0 bridgehead atoms. The molecule has 2 rings (SSSR count). The molecule has 0 N–H and O–H groups in total. The third kappa shape index (κ3) is 1.80. The van der Waals surface area contributed by atoms with Crippen molar-refractivity contribution in [1.82, 2.24) is 9.80 Å². The molecule has 4 heteroatoms. The predicted octanol–water partition coefficient (Wildman–Crippen LogP) is -0.351. The van der Waals surface area contributed by atoms with Crippen LogP contribution in [0.15, 0.2) is 0 Å². The van der Waals surface area contributed by atoms with Gasteiger partial charge in [-0.2, -0.15) is 0 Å². The standard InChI is InChI=1S/C10H20N2O2/c1-11-3-4-12(5-6-13-2)10(7-11)8-14-9-10/h3-9H2,1-2H3. The first-order chi connectivity index (χ1) is 6.77. The minimum Gasteiger partial charge on any atom is -0.383 e. The summed E-state index contributed by atoms with van der Waals surface area (Å²) in [5.41, 5.74) is 0.297. The Labute approximate surface area is 85.8 Å². The molecule has 0 radical (unpaired) electrons. The van der Waals surface area contributed by atoms with Gasteiger partial charge in [0.25, 0.3) is 0 Å². The van der Waals surface area contributed by atoms with Gasteiger partial charge in [0.2, 0.25) is 0 Å². The number of hydrogen-bond donors (Lipinski definition) is 0. The Bertz CT molecular complexity index is 193. The molecule has 0 unspecified atom stereocenters. The third-order valence-corrected chi connectivity index (χ3v) is 3.29. The maximum absolute atomic E-state index is 5.36. The van der Waals surface area contributed by atoms with Crippen molar-refractivity contribution < 1.29 is 9.47 Å². The van der Waals surface area contributed by atoms with Gasteiger partial charge in [0.05, 0.1) is 25.4 Å². The lowest BCUT2D eigenvalue weighted by Crippen LogP contribution is -2.71. The summed E-state index contributed by atoms with van der Waals surface area (Å²) in [5, 5.41) is 0. The quantitative estimate of drug-likeness (QED) is 0.621. The monoisotopic (exact) mass is 200 g/mol. The van der Waals surface area contributed by atoms with Crippen LogP contribution in [0.5, 0.6) is 0 Å². The van der Waals surface area contributed by atoms with E-state index in [-0.39, 0.29) is 0 Å². The van der Waals surface area contributed by atoms with E-state index in [2.05, 4.69) is 16.8 Å². The maximum atomic E-state index is 5.36. The van der Waals surface area contributed by atoms with E-state index >= 15 is 0 Å². The Morgan fingerprint density at radius 3 is 2.71 bits per heavy atom. The van der Waals surface area contributed by atoms with Gasteiger partial charge in [0.15, 0.2) is 0 Å². The number of hydrogen-bond acceptors (Lipinski definition) is 4. The van der Waals surface area contributed by atoms with E-state index in [1.807, 2.05) is 0 Å². The lowest BCUT2D eigenvalue weighted by atomic mass is 9.92. The average molecular weight is 200 g/mol. The molecule has 0 aromatic heterocycles. The summed E-state index contributed by atoms with van der Waals surface area (Å²) in [5.74, 6) is 0. The summed E-state index contributed by atoms with van der Waals surface area (Å²) in [6.07, 6.45) is 0. The molecule has 0 amide bonds. The third-order valence-electron chi connectivity index (χ3n) is 3.29. The van der Waals surface area contributed by atoms with E-state index in [0.29, 0.717) is 5.54 Å². The van der Waals surface area contributed by atoms with Crippen molar-refractivity contribution in [2.24, 2.45) is 0 Å². The molecule has 2 fully saturated rings. The first-order valence-corrected chi connectivity index (χ1v) is 5.27. The van der Waals surface area contributed by atoms with E-state index in [4.69, 9.17) is 9.47 Å². The smallest absolute Gasteiger partial charge is 0.0808 e. The van der Waals surface area contributed by atoms with Gasteiger partial charge in [-0.3, -0.25) is 4.90 Å². The van der Waals surface area contributed by atoms with Crippen molar-refractivity contribution >= 4 is 0 Å². The molecule has 0 aromatic carbocycles. The van der Waals surface area contributed by atoms with Crippen molar-refractivity contribution in [2.75, 3.05) is 60.2 Å². The van der Waals surface area contributed by atoms with Gasteiger partial charge in [-0.05, 0) is 7.05 Å². The first-order valence-electron chi connectivity index (χ1n) is 5.27. The highest BCUT2D eigenvalue weighted by Crippen LogP contribution is 2.28. The van der Waals surface area contributed by atoms with Crippen LogP contribution >= 0.6 is 0 Å². The summed E-state index contributed by atoms with van der Waals surface area (Å²) in [4.78, 5) is 4.92. The van der Waals surface area contributed by atoms with Gasteiger partial charge < -0.3 is 14.4 Å². The first kappa shape index (κ1) is 10.4. The second-order valence-corrected chi connectivity index (χ2v) is 4.43. The topological polar surface area (TPSA) is 24.9 Å². The molecule has 2 aliphatic heterocycles. The van der Waals surface area contributed by atoms with Crippen LogP contribution in [0.25, 0.3) is 0 Å². The van der Waals surface area contributed by atoms with Gasteiger partial charge in [0, 0.05) is 33.3 Å². The van der Waals surface area contributed by atoms with Crippen molar-refractivity contribution in [3.05, 3.63) is 0 Å². The van der Waals surface area contributed by atoms with Crippen LogP contribution < -0.4 is 0 Å². The molecule has 1 spiro atoms. The zero-order chi connectivity index (χ0) is 10.0. The molecule has 2 aliphatic rings. The van der Waals surface area contributed by atoms with Crippen molar-refractivity contribution in [3.8, 4) is 0 Å². The molecule has 2 heterocycles. The van der Waals surface area contributed by atoms with Crippen LogP contribution in [0.4, 0.5) is 0 Å². The Morgan fingerprint density at radius 2 is 2.14 bits per heavy atom. The number of piperazine rings is 1. The SMILES string of the molecule is COCCN1CCN(C)CC12COC2. The summed E-state index contributed by atoms with van der Waals surface area (Å²) >= 11 is 0. The summed E-state index contributed by atoms with van der Waals surface area (Å²) in [7, 11) is 3.95. The van der Waals surface area contributed by atoms with Crippen LogP contribution in [-0.2, 0) is 9.47 Å². The van der Waals surface area contributed by atoms with E-state index in [0.717, 1.165) is 46.0 Å². The number of likely N-dealkylation sites (N-methyl/N-ethyl adjacent to an activating group) is 1. The van der Waals surface area contributed by atoms with Crippen molar-refractivity contribution in [3.63, 3.8) is 0 Å². The molecule has 2 saturated heterocycles. The Morgan fingerprint density at radius 1 is 1.36 bits per heavy atom. The molecular weight excluding hydrogens is 180 g/mol. The van der Waals surface area contributed by atoms with Crippen molar-refractivity contribution in [2.45, 2.75) is 5.54 Å². The number of methoxy groups -OCH3 is 1. The van der Waals surface area contributed by atoms with E-state index in [1.165, 1.54) is 0 Å². The lowest BCUT2D eigenvalue weighted by Gasteiger charge is -2.54. The van der Waals surface area contributed by atoms with Gasteiger partial charge in [0.1, 0.15) is 0 Å². The average Bonchev–Trinajstić information content (AvgIpc) is 2.13. The van der Waals surface area contributed by atoms with E-state index in [1.54, 1.807) is 7.11 Å². The Kier molecular flexibility index (Phi) is 3.07. The van der Waals surface area contributed by atoms with Gasteiger partial charge in [-0.1, -0.05) is 0 Å². The molecule has 0 atom stereocenters. The van der Waals surface area contributed by atoms with Crippen LogP contribution in [0, 0.1) is 0 Å². The van der Waals surface area contributed by atoms with Gasteiger partial charge >= 0.3 is 0 Å². The zero-order valence-electron chi connectivity index (χ0n) is 9.16. The van der Waals surface area contributed by atoms with Crippen LogP contribution in [0.2, 0.25) is 0 Å². The summed E-state index contributed by atoms with van der Waals surface area (Å²) < 4.78 is 10.5. The highest BCUT2D eigenvalue weighted by molar-refractivity contribution is 5.01. The largest absolute Gasteiger partial charge is 0.383 e. The normalized spacial score (nSPS) is 27.9. The Hall–Kier alpha value is -0.160. The highest BCUT2D eigenvalue weighted by Gasteiger charge is 2.46. The number of ether oxygens (including phenoxy) is 2. The number of rotatable bonds is 3. The number of nitrogens with zero attached hydrogens (tertiary/aromatic N) is 2. The molecule has 4 nitrogen and oxygen atoms in total.